The Bertz CT molecular complexity index is 3010. The van der Waals surface area contributed by atoms with Gasteiger partial charge in [0.05, 0.1) is 16.8 Å². The Morgan fingerprint density at radius 3 is 1.74 bits per heavy atom. The monoisotopic (exact) mass is 730 g/mol. The van der Waals surface area contributed by atoms with Crippen molar-refractivity contribution < 1.29 is 0 Å². The van der Waals surface area contributed by atoms with Crippen molar-refractivity contribution in [2.24, 2.45) is 9.98 Å². The van der Waals surface area contributed by atoms with Gasteiger partial charge in [0.2, 0.25) is 0 Å². The summed E-state index contributed by atoms with van der Waals surface area (Å²) in [7, 11) is 0. The highest BCUT2D eigenvalue weighted by atomic mass is 14.8. The van der Waals surface area contributed by atoms with Gasteiger partial charge in [-0.05, 0) is 127 Å². The second kappa shape index (κ2) is 14.8. The molecule has 9 rings (SSSR count). The van der Waals surface area contributed by atoms with E-state index < -0.39 is 5.41 Å². The largest absolute Gasteiger partial charge is 0.257 e. The summed E-state index contributed by atoms with van der Waals surface area (Å²) < 4.78 is 0. The average molecular weight is 731 g/mol. The normalized spacial score (nSPS) is 16.5. The number of allylic oxidation sites excluding steroid dienone is 9. The Balaban J connectivity index is 1.32. The van der Waals surface area contributed by atoms with E-state index in [1.54, 1.807) is 18.4 Å². The van der Waals surface area contributed by atoms with E-state index in [4.69, 9.17) is 9.98 Å². The molecule has 2 aliphatic rings. The SMILES string of the molecule is C=C\C=C\C=N/C(=C\C(=N/C=C\C)c1ccc2c(c1)-c1ccccc1C21c2ccccc2-c2cc3c4ccccc4c4ccccc4c3cc21)C(/C=C\C)=C/C=C. The third-order valence-corrected chi connectivity index (χ3v) is 11.4. The number of nitrogens with zero attached hydrogens (tertiary/aromatic N) is 2. The second-order valence-electron chi connectivity index (χ2n) is 14.4. The number of rotatable bonds is 9. The first-order valence-electron chi connectivity index (χ1n) is 19.5. The fraction of sp³-hybridized carbons (Fsp3) is 0.0545. The zero-order valence-corrected chi connectivity index (χ0v) is 32.3. The number of benzene rings is 7. The van der Waals surface area contributed by atoms with Gasteiger partial charge in [-0.25, -0.2) is 0 Å². The molecule has 2 nitrogen and oxygen atoms in total. The maximum Gasteiger partial charge on any atom is 0.0725 e. The third kappa shape index (κ3) is 5.64. The predicted octanol–water partition coefficient (Wildman–Crippen LogP) is 14.2. The lowest BCUT2D eigenvalue weighted by Crippen LogP contribution is -2.25. The van der Waals surface area contributed by atoms with Crippen LogP contribution in [0.2, 0.25) is 0 Å². The molecule has 1 spiro atoms. The lowest BCUT2D eigenvalue weighted by molar-refractivity contribution is 0.795. The van der Waals surface area contributed by atoms with E-state index in [1.165, 1.54) is 76.8 Å². The quantitative estimate of drug-likeness (QED) is 0.0802. The molecule has 7 aromatic carbocycles. The van der Waals surface area contributed by atoms with E-state index in [-0.39, 0.29) is 0 Å². The highest BCUT2D eigenvalue weighted by molar-refractivity contribution is 6.26. The van der Waals surface area contributed by atoms with E-state index in [0.717, 1.165) is 22.5 Å². The molecule has 2 aliphatic carbocycles. The van der Waals surface area contributed by atoms with Crippen molar-refractivity contribution in [3.8, 4) is 22.3 Å². The second-order valence-corrected chi connectivity index (χ2v) is 14.4. The summed E-state index contributed by atoms with van der Waals surface area (Å²) in [6.07, 6.45) is 21.0. The molecule has 0 amide bonds. The van der Waals surface area contributed by atoms with E-state index in [1.807, 2.05) is 56.5 Å². The maximum atomic E-state index is 5.00. The van der Waals surface area contributed by atoms with Gasteiger partial charge in [0.15, 0.2) is 0 Å². The average Bonchev–Trinajstić information content (AvgIpc) is 3.72. The van der Waals surface area contributed by atoms with Crippen molar-refractivity contribution in [3.63, 3.8) is 0 Å². The molecule has 0 aromatic heterocycles. The fourth-order valence-corrected chi connectivity index (χ4v) is 9.16. The Morgan fingerprint density at radius 2 is 1.12 bits per heavy atom. The van der Waals surface area contributed by atoms with Gasteiger partial charge < -0.3 is 0 Å². The molecule has 272 valence electrons. The van der Waals surface area contributed by atoms with Crippen molar-refractivity contribution in [2.75, 3.05) is 0 Å². The Kier molecular flexibility index (Phi) is 9.24. The van der Waals surface area contributed by atoms with Crippen LogP contribution in [0.15, 0.2) is 223 Å². The molecule has 1 unspecified atom stereocenters. The summed E-state index contributed by atoms with van der Waals surface area (Å²) in [5.41, 5.74) is 13.3. The maximum absolute atomic E-state index is 5.00. The molecule has 7 aromatic rings. The van der Waals surface area contributed by atoms with Gasteiger partial charge in [0.1, 0.15) is 0 Å². The molecular weight excluding hydrogens is 689 g/mol. The summed E-state index contributed by atoms with van der Waals surface area (Å²) >= 11 is 0. The lowest BCUT2D eigenvalue weighted by atomic mass is 9.70. The van der Waals surface area contributed by atoms with Crippen LogP contribution in [0.25, 0.3) is 54.6 Å². The minimum atomic E-state index is -0.494. The van der Waals surface area contributed by atoms with Crippen molar-refractivity contribution >= 4 is 44.2 Å². The van der Waals surface area contributed by atoms with Crippen molar-refractivity contribution in [3.05, 3.63) is 241 Å². The topological polar surface area (TPSA) is 24.7 Å². The zero-order valence-electron chi connectivity index (χ0n) is 32.3. The number of aliphatic imine (C=N–C) groups is 2. The van der Waals surface area contributed by atoms with E-state index >= 15 is 0 Å². The van der Waals surface area contributed by atoms with Crippen LogP contribution in [0, 0.1) is 0 Å². The van der Waals surface area contributed by atoms with Crippen LogP contribution in [0.4, 0.5) is 0 Å². The minimum Gasteiger partial charge on any atom is -0.257 e. The van der Waals surface area contributed by atoms with Crippen LogP contribution in [0.3, 0.4) is 0 Å². The summed E-state index contributed by atoms with van der Waals surface area (Å²) in [6, 6.07) is 47.6. The molecule has 0 saturated carbocycles. The van der Waals surface area contributed by atoms with Crippen LogP contribution in [0.1, 0.15) is 41.7 Å². The van der Waals surface area contributed by atoms with Gasteiger partial charge in [0, 0.05) is 18.0 Å². The van der Waals surface area contributed by atoms with Crippen LogP contribution in [0.5, 0.6) is 0 Å². The zero-order chi connectivity index (χ0) is 38.9. The minimum absolute atomic E-state index is 0.494. The van der Waals surface area contributed by atoms with E-state index in [0.29, 0.717) is 0 Å². The number of fused-ring (bicyclic) bond motifs is 16. The molecule has 57 heavy (non-hydrogen) atoms. The predicted molar refractivity (Wildman–Crippen MR) is 246 cm³/mol. The van der Waals surface area contributed by atoms with Gasteiger partial charge in [0.25, 0.3) is 0 Å². The van der Waals surface area contributed by atoms with Gasteiger partial charge in [-0.1, -0.05) is 165 Å². The van der Waals surface area contributed by atoms with Crippen molar-refractivity contribution in [2.45, 2.75) is 19.3 Å². The van der Waals surface area contributed by atoms with Gasteiger partial charge in [-0.15, -0.1) is 0 Å². The highest BCUT2D eigenvalue weighted by Crippen LogP contribution is 2.63. The molecule has 0 radical (unpaired) electrons. The van der Waals surface area contributed by atoms with Crippen LogP contribution in [-0.4, -0.2) is 11.9 Å². The Hall–Kier alpha value is -7.16. The Labute approximate surface area is 335 Å². The molecule has 0 aliphatic heterocycles. The van der Waals surface area contributed by atoms with Gasteiger partial charge >= 0.3 is 0 Å². The summed E-state index contributed by atoms with van der Waals surface area (Å²) in [6.45, 7) is 11.8. The first-order chi connectivity index (χ1) is 28.1. The lowest BCUT2D eigenvalue weighted by Gasteiger charge is -2.31. The van der Waals surface area contributed by atoms with E-state index in [2.05, 4.69) is 147 Å². The van der Waals surface area contributed by atoms with E-state index in [9.17, 15) is 0 Å². The third-order valence-electron chi connectivity index (χ3n) is 11.4. The highest BCUT2D eigenvalue weighted by Gasteiger charge is 2.51. The smallest absolute Gasteiger partial charge is 0.0725 e. The molecule has 1 atom stereocenters. The van der Waals surface area contributed by atoms with Crippen LogP contribution >= 0.6 is 0 Å². The van der Waals surface area contributed by atoms with Crippen LogP contribution < -0.4 is 0 Å². The van der Waals surface area contributed by atoms with Gasteiger partial charge in [-0.3, -0.25) is 9.98 Å². The van der Waals surface area contributed by atoms with Gasteiger partial charge in [-0.2, -0.15) is 0 Å². The van der Waals surface area contributed by atoms with Crippen LogP contribution in [-0.2, 0) is 5.41 Å². The first kappa shape index (κ1) is 35.5. The number of hydrogen-bond donors (Lipinski definition) is 0. The Morgan fingerprint density at radius 1 is 0.544 bits per heavy atom. The molecule has 0 N–H and O–H groups in total. The molecular formula is C55H42N2. The summed E-state index contributed by atoms with van der Waals surface area (Å²) in [4.78, 5) is 9.89. The molecule has 2 heteroatoms. The molecule has 0 heterocycles. The summed E-state index contributed by atoms with van der Waals surface area (Å²) in [5.74, 6) is 0. The fourth-order valence-electron chi connectivity index (χ4n) is 9.16. The summed E-state index contributed by atoms with van der Waals surface area (Å²) in [5, 5.41) is 7.70. The number of hydrogen-bond acceptors (Lipinski definition) is 2. The van der Waals surface area contributed by atoms with Crippen molar-refractivity contribution in [1.29, 1.82) is 0 Å². The molecule has 0 fully saturated rings. The standard InChI is InChI=1S/C55H42N2/c1-5-9-18-32-57-53(37(19-6-2)20-7-3)36-54(56-31-8-4)38-29-30-51-47(33-38)43-25-14-16-27-49(43)55(51)50-28-17-15-26-44(50)48-34-45-41-23-12-10-21-39(41)40-22-11-13-24-42(40)46(45)35-52(48)55/h5-36H,1-2H2,3-4H3/b18-9+,20-7-,31-8-,37-19+,53-36-,56-54+,57-32-. The van der Waals surface area contributed by atoms with Crippen molar-refractivity contribution in [1.82, 2.24) is 0 Å². The first-order valence-corrected chi connectivity index (χ1v) is 19.5. The molecule has 0 bridgehead atoms. The molecule has 0 saturated heterocycles.